The van der Waals surface area contributed by atoms with Crippen LogP contribution in [0.15, 0.2) is 18.2 Å². The summed E-state index contributed by atoms with van der Waals surface area (Å²) in [5.41, 5.74) is 0.647. The molecule has 0 aromatic heterocycles. The molecule has 0 amide bonds. The zero-order valence-corrected chi connectivity index (χ0v) is 16.5. The van der Waals surface area contributed by atoms with Crippen molar-refractivity contribution in [3.63, 3.8) is 0 Å². The molecule has 2 aromatic carbocycles. The van der Waals surface area contributed by atoms with E-state index in [4.69, 9.17) is 11.2 Å². The highest BCUT2D eigenvalue weighted by Gasteiger charge is 2.17. The Morgan fingerprint density at radius 3 is 2.08 bits per heavy atom. The van der Waals surface area contributed by atoms with Gasteiger partial charge < -0.3 is 9.64 Å². The number of rotatable bonds is 3. The van der Waals surface area contributed by atoms with Gasteiger partial charge in [0.25, 0.3) is 6.47 Å². The Hall–Kier alpha value is -2.45. The van der Waals surface area contributed by atoms with Crippen LogP contribution in [0.3, 0.4) is 0 Å². The molecule has 0 bridgehead atoms. The molecular formula is C21H27F2NO2. The van der Waals surface area contributed by atoms with Gasteiger partial charge in [0.2, 0.25) is 0 Å². The molecule has 5 heteroatoms. The molecule has 2 aromatic rings. The lowest BCUT2D eigenvalue weighted by Gasteiger charge is -2.14. The first kappa shape index (κ1) is 23.5. The maximum absolute atomic E-state index is 14.0. The Labute approximate surface area is 155 Å². The summed E-state index contributed by atoms with van der Waals surface area (Å²) in [6.07, 6.45) is 5.33. The van der Waals surface area contributed by atoms with Gasteiger partial charge in [0.05, 0.1) is 5.56 Å². The van der Waals surface area contributed by atoms with Gasteiger partial charge >= 0.3 is 0 Å². The molecule has 0 spiro atoms. The zero-order valence-electron chi connectivity index (χ0n) is 16.5. The maximum Gasteiger partial charge on any atom is 0.298 e. The van der Waals surface area contributed by atoms with E-state index in [-0.39, 0.29) is 29.1 Å². The van der Waals surface area contributed by atoms with Crippen LogP contribution in [0.25, 0.3) is 10.8 Å². The van der Waals surface area contributed by atoms with Crippen molar-refractivity contribution in [1.29, 1.82) is 0 Å². The standard InChI is InChI=1S/C16H12F2O2.C3H9N.C2H6/c1-4-11-14(17)7-15(18)13-6-10(20-8-19)5-12(9(2)3)16(11)13;1-4(2)3;1-2/h1,5-9H,2-3H3;1-3H3;1-2H3. The summed E-state index contributed by atoms with van der Waals surface area (Å²) in [4.78, 5) is 12.4. The summed E-state index contributed by atoms with van der Waals surface area (Å²) in [5.74, 6) is 0.903. The quantitative estimate of drug-likeness (QED) is 0.570. The second-order valence-corrected chi connectivity index (χ2v) is 6.01. The number of terminal acetylenes is 1. The van der Waals surface area contributed by atoms with Crippen LogP contribution in [0.4, 0.5) is 8.78 Å². The highest BCUT2D eigenvalue weighted by Crippen LogP contribution is 2.35. The molecule has 0 aliphatic heterocycles. The van der Waals surface area contributed by atoms with Crippen molar-refractivity contribution in [3.8, 4) is 18.1 Å². The molecule has 0 saturated heterocycles. The number of ether oxygens (including phenoxy) is 1. The third-order valence-electron chi connectivity index (χ3n) is 3.09. The van der Waals surface area contributed by atoms with Gasteiger partial charge in [-0.2, -0.15) is 0 Å². The molecule has 0 unspecified atom stereocenters. The monoisotopic (exact) mass is 363 g/mol. The van der Waals surface area contributed by atoms with E-state index < -0.39 is 11.6 Å². The molecule has 3 nitrogen and oxygen atoms in total. The van der Waals surface area contributed by atoms with Crippen LogP contribution in [0, 0.1) is 24.0 Å². The number of hydrogen-bond acceptors (Lipinski definition) is 3. The van der Waals surface area contributed by atoms with E-state index in [1.54, 1.807) is 6.07 Å². The fourth-order valence-corrected chi connectivity index (χ4v) is 2.21. The van der Waals surface area contributed by atoms with Crippen molar-refractivity contribution in [1.82, 2.24) is 4.90 Å². The van der Waals surface area contributed by atoms with Gasteiger partial charge in [-0.25, -0.2) is 8.78 Å². The lowest BCUT2D eigenvalue weighted by molar-refractivity contribution is -0.120. The summed E-state index contributed by atoms with van der Waals surface area (Å²) >= 11 is 0. The van der Waals surface area contributed by atoms with Crippen LogP contribution in [0.5, 0.6) is 5.75 Å². The van der Waals surface area contributed by atoms with E-state index in [1.807, 2.05) is 53.7 Å². The van der Waals surface area contributed by atoms with Gasteiger partial charge in [-0.05, 0) is 44.8 Å². The van der Waals surface area contributed by atoms with Crippen molar-refractivity contribution in [3.05, 3.63) is 41.0 Å². The minimum absolute atomic E-state index is 0.0164. The molecule has 0 N–H and O–H groups in total. The van der Waals surface area contributed by atoms with E-state index >= 15 is 0 Å². The van der Waals surface area contributed by atoms with Crippen LogP contribution >= 0.6 is 0 Å². The van der Waals surface area contributed by atoms with Crippen molar-refractivity contribution in [2.45, 2.75) is 33.6 Å². The van der Waals surface area contributed by atoms with Gasteiger partial charge in [0.15, 0.2) is 0 Å². The van der Waals surface area contributed by atoms with Crippen LogP contribution in [0.2, 0.25) is 0 Å². The molecule has 0 fully saturated rings. The topological polar surface area (TPSA) is 29.5 Å². The smallest absolute Gasteiger partial charge is 0.298 e. The molecule has 2 rings (SSSR count). The molecule has 0 saturated carbocycles. The summed E-state index contributed by atoms with van der Waals surface area (Å²) in [6, 6.07) is 3.65. The van der Waals surface area contributed by atoms with E-state index in [0.717, 1.165) is 6.07 Å². The molecule has 26 heavy (non-hydrogen) atoms. The van der Waals surface area contributed by atoms with Crippen molar-refractivity contribution in [2.24, 2.45) is 0 Å². The summed E-state index contributed by atoms with van der Waals surface area (Å²) < 4.78 is 32.5. The van der Waals surface area contributed by atoms with Crippen LogP contribution in [-0.2, 0) is 4.79 Å². The van der Waals surface area contributed by atoms with E-state index in [0.29, 0.717) is 10.9 Å². The Bertz CT molecular complexity index is 775. The fourth-order valence-electron chi connectivity index (χ4n) is 2.21. The van der Waals surface area contributed by atoms with Gasteiger partial charge in [-0.1, -0.05) is 33.6 Å². The molecule has 0 atom stereocenters. The second-order valence-electron chi connectivity index (χ2n) is 6.01. The maximum atomic E-state index is 14.0. The predicted octanol–water partition coefficient (Wildman–Crippen LogP) is 4.96. The van der Waals surface area contributed by atoms with Crippen LogP contribution < -0.4 is 4.74 Å². The highest BCUT2D eigenvalue weighted by molar-refractivity contribution is 5.93. The minimum atomic E-state index is -0.775. The fraction of sp³-hybridized carbons (Fsp3) is 0.381. The van der Waals surface area contributed by atoms with Gasteiger partial charge in [-0.3, -0.25) is 4.79 Å². The third kappa shape index (κ3) is 6.12. The van der Waals surface area contributed by atoms with E-state index in [9.17, 15) is 13.6 Å². The van der Waals surface area contributed by atoms with Gasteiger partial charge in [0.1, 0.15) is 17.4 Å². The average molecular weight is 363 g/mol. The van der Waals surface area contributed by atoms with E-state index in [2.05, 4.69) is 5.92 Å². The van der Waals surface area contributed by atoms with Crippen LogP contribution in [0.1, 0.15) is 44.7 Å². The molecular weight excluding hydrogens is 336 g/mol. The average Bonchev–Trinajstić information content (AvgIpc) is 2.56. The lowest BCUT2D eigenvalue weighted by atomic mass is 9.92. The first-order valence-electron chi connectivity index (χ1n) is 8.36. The second kappa shape index (κ2) is 11.2. The van der Waals surface area contributed by atoms with Gasteiger partial charge in [-0.15, -0.1) is 6.42 Å². The number of carbonyl (C=O) groups is 1. The van der Waals surface area contributed by atoms with Crippen molar-refractivity contribution in [2.75, 3.05) is 21.1 Å². The first-order chi connectivity index (χ1) is 12.2. The number of hydrogen-bond donors (Lipinski definition) is 0. The summed E-state index contributed by atoms with van der Waals surface area (Å²) in [6.45, 7) is 7.99. The molecule has 0 aliphatic rings. The SMILES string of the molecule is C#Cc1c(F)cc(F)c2cc(OC=O)cc(C(C)C)c12.CC.CN(C)C. The van der Waals surface area contributed by atoms with Crippen molar-refractivity contribution >= 4 is 17.2 Å². The Kier molecular flexibility index (Phi) is 10.2. The predicted molar refractivity (Wildman–Crippen MR) is 104 cm³/mol. The zero-order chi connectivity index (χ0) is 20.4. The summed E-state index contributed by atoms with van der Waals surface area (Å²) in [7, 11) is 6.00. The number of benzene rings is 2. The van der Waals surface area contributed by atoms with Gasteiger partial charge in [0, 0.05) is 16.8 Å². The summed E-state index contributed by atoms with van der Waals surface area (Å²) in [5, 5.41) is 0.487. The first-order valence-corrected chi connectivity index (χ1v) is 8.36. The molecule has 142 valence electrons. The number of nitrogens with zero attached hydrogens (tertiary/aromatic N) is 1. The largest absolute Gasteiger partial charge is 0.429 e. The molecule has 0 heterocycles. The van der Waals surface area contributed by atoms with Crippen molar-refractivity contribution < 1.29 is 18.3 Å². The molecule has 0 aliphatic carbocycles. The Morgan fingerprint density at radius 2 is 1.65 bits per heavy atom. The lowest BCUT2D eigenvalue weighted by Crippen LogP contribution is -1.99. The number of carbonyl (C=O) groups excluding carboxylic acids is 1. The Balaban J connectivity index is 0.000000920. The normalized spacial score (nSPS) is 9.77. The minimum Gasteiger partial charge on any atom is -0.429 e. The van der Waals surface area contributed by atoms with E-state index in [1.165, 1.54) is 6.07 Å². The number of fused-ring (bicyclic) bond motifs is 1. The number of halogens is 2. The highest BCUT2D eigenvalue weighted by atomic mass is 19.1. The third-order valence-corrected chi connectivity index (χ3v) is 3.09. The molecule has 0 radical (unpaired) electrons. The van der Waals surface area contributed by atoms with Crippen LogP contribution in [-0.4, -0.2) is 32.5 Å². The Morgan fingerprint density at radius 1 is 1.12 bits per heavy atom.